The summed E-state index contributed by atoms with van der Waals surface area (Å²) in [5.41, 5.74) is 0. The maximum Gasteiger partial charge on any atom is 0.522 e. The molecule has 1 aliphatic carbocycles. The average molecular weight is 281 g/mol. The van der Waals surface area contributed by atoms with Crippen LogP contribution in [0.1, 0.15) is 19.3 Å². The summed E-state index contributed by atoms with van der Waals surface area (Å²) in [5, 5.41) is 0. The van der Waals surface area contributed by atoms with Gasteiger partial charge >= 0.3 is 6.36 Å². The second kappa shape index (κ2) is 5.20. The highest BCUT2D eigenvalue weighted by Crippen LogP contribution is 2.33. The normalized spacial score (nSPS) is 37.9. The Morgan fingerprint density at radius 3 is 2.11 bits per heavy atom. The Hall–Kier alpha value is -0.370. The van der Waals surface area contributed by atoms with Crippen LogP contribution in [0.15, 0.2) is 0 Å². The molecule has 2 heterocycles. The van der Waals surface area contributed by atoms with Gasteiger partial charge in [0.2, 0.25) is 0 Å². The van der Waals surface area contributed by atoms with Crippen LogP contribution in [-0.4, -0.2) is 61.9 Å². The lowest BCUT2D eigenvalue weighted by molar-refractivity contribution is -0.346. The summed E-state index contributed by atoms with van der Waals surface area (Å²) in [6, 6.07) is -0.171. The van der Waals surface area contributed by atoms with E-state index in [0.717, 1.165) is 12.8 Å². The highest BCUT2D eigenvalue weighted by atomic mass is 19.4. The van der Waals surface area contributed by atoms with Gasteiger partial charge in [0, 0.05) is 19.1 Å². The summed E-state index contributed by atoms with van der Waals surface area (Å²) in [6.45, 7) is 2.78. The first-order valence-electron chi connectivity index (χ1n) is 6.73. The van der Waals surface area contributed by atoms with Crippen LogP contribution < -0.4 is 0 Å². The van der Waals surface area contributed by atoms with E-state index in [1.54, 1.807) is 0 Å². The molecule has 19 heavy (non-hydrogen) atoms. The van der Waals surface area contributed by atoms with E-state index in [9.17, 15) is 13.2 Å². The molecule has 4 unspecified atom stereocenters. The van der Waals surface area contributed by atoms with Crippen molar-refractivity contribution in [3.8, 4) is 0 Å². The average Bonchev–Trinajstić information content (AvgIpc) is 3.20. The Morgan fingerprint density at radius 1 is 1.05 bits per heavy atom. The van der Waals surface area contributed by atoms with Gasteiger partial charge in [-0.25, -0.2) is 0 Å². The minimum absolute atomic E-state index is 0.171. The zero-order chi connectivity index (χ0) is 13.5. The van der Waals surface area contributed by atoms with E-state index in [-0.39, 0.29) is 18.2 Å². The van der Waals surface area contributed by atoms with Crippen LogP contribution in [0.2, 0.25) is 0 Å². The van der Waals surface area contributed by atoms with Gasteiger partial charge in [-0.1, -0.05) is 0 Å². The minimum Gasteiger partial charge on any atom is -0.372 e. The second-order valence-corrected chi connectivity index (χ2v) is 5.46. The van der Waals surface area contributed by atoms with Gasteiger partial charge in [0.15, 0.2) is 0 Å². The summed E-state index contributed by atoms with van der Waals surface area (Å²) in [5.74, 6) is 0. The van der Waals surface area contributed by atoms with E-state index in [2.05, 4.69) is 9.64 Å². The molecule has 3 fully saturated rings. The van der Waals surface area contributed by atoms with Crippen molar-refractivity contribution in [1.29, 1.82) is 0 Å². The van der Waals surface area contributed by atoms with Crippen molar-refractivity contribution in [2.45, 2.75) is 50.0 Å². The number of rotatable bonds is 6. The fourth-order valence-corrected chi connectivity index (χ4v) is 2.85. The molecule has 7 heteroatoms. The first kappa shape index (κ1) is 13.6. The number of hydrogen-bond acceptors (Lipinski definition) is 4. The first-order chi connectivity index (χ1) is 9.01. The predicted octanol–water partition coefficient (Wildman–Crippen LogP) is 1.54. The molecule has 2 aliphatic heterocycles. The summed E-state index contributed by atoms with van der Waals surface area (Å²) >= 11 is 0. The third-order valence-electron chi connectivity index (χ3n) is 3.85. The fourth-order valence-electron chi connectivity index (χ4n) is 2.85. The molecule has 0 N–H and O–H groups in total. The van der Waals surface area contributed by atoms with Crippen molar-refractivity contribution in [1.82, 2.24) is 4.90 Å². The molecule has 0 radical (unpaired) electrons. The third kappa shape index (κ3) is 4.05. The van der Waals surface area contributed by atoms with Gasteiger partial charge in [0.05, 0.1) is 31.5 Å². The molecule has 0 spiro atoms. The third-order valence-corrected chi connectivity index (χ3v) is 3.85. The van der Waals surface area contributed by atoms with Crippen molar-refractivity contribution < 1.29 is 27.4 Å². The number of halogens is 3. The molecular weight excluding hydrogens is 263 g/mol. The first-order valence-corrected chi connectivity index (χ1v) is 6.73. The van der Waals surface area contributed by atoms with Crippen LogP contribution in [0, 0.1) is 0 Å². The predicted molar refractivity (Wildman–Crippen MR) is 59.6 cm³/mol. The Kier molecular flexibility index (Phi) is 3.72. The highest BCUT2D eigenvalue weighted by molar-refractivity contribution is 4.91. The zero-order valence-electron chi connectivity index (χ0n) is 10.6. The number of ether oxygens (including phenoxy) is 3. The van der Waals surface area contributed by atoms with Gasteiger partial charge in [-0.05, 0) is 19.3 Å². The van der Waals surface area contributed by atoms with Crippen LogP contribution in [0.25, 0.3) is 0 Å². The molecule has 3 aliphatic rings. The lowest BCUT2D eigenvalue weighted by Crippen LogP contribution is -2.46. The van der Waals surface area contributed by atoms with Gasteiger partial charge < -0.3 is 9.47 Å². The smallest absolute Gasteiger partial charge is 0.372 e. The molecule has 0 amide bonds. The zero-order valence-corrected chi connectivity index (χ0v) is 10.6. The van der Waals surface area contributed by atoms with Crippen LogP contribution in [0.5, 0.6) is 0 Å². The van der Waals surface area contributed by atoms with Crippen LogP contribution in [0.3, 0.4) is 0 Å². The lowest BCUT2D eigenvalue weighted by Gasteiger charge is -2.32. The number of hydrogen-bond donors (Lipinski definition) is 0. The van der Waals surface area contributed by atoms with Crippen LogP contribution in [0.4, 0.5) is 13.2 Å². The van der Waals surface area contributed by atoms with E-state index in [1.165, 1.54) is 0 Å². The molecule has 0 aromatic rings. The molecule has 4 nitrogen and oxygen atoms in total. The maximum absolute atomic E-state index is 12.4. The number of alkyl halides is 3. The molecule has 1 saturated carbocycles. The monoisotopic (exact) mass is 281 g/mol. The second-order valence-electron chi connectivity index (χ2n) is 5.46. The molecule has 110 valence electrons. The van der Waals surface area contributed by atoms with E-state index in [0.29, 0.717) is 32.7 Å². The molecule has 4 atom stereocenters. The van der Waals surface area contributed by atoms with Crippen molar-refractivity contribution in [2.24, 2.45) is 0 Å². The van der Waals surface area contributed by atoms with E-state index in [4.69, 9.17) is 9.47 Å². The Balaban J connectivity index is 1.60. The SMILES string of the molecule is FC(F)(F)OC1CCCC1N(CC1CO1)CC1CO1. The number of nitrogens with zero attached hydrogens (tertiary/aromatic N) is 1. The van der Waals surface area contributed by atoms with Gasteiger partial charge in [0.1, 0.15) is 0 Å². The summed E-state index contributed by atoms with van der Waals surface area (Å²) < 4.78 is 51.9. The van der Waals surface area contributed by atoms with Crippen LogP contribution in [-0.2, 0) is 14.2 Å². The Bertz CT molecular complexity index is 304. The van der Waals surface area contributed by atoms with Gasteiger partial charge in [-0.3, -0.25) is 9.64 Å². The summed E-state index contributed by atoms with van der Waals surface area (Å²) in [6.07, 6.45) is -2.96. The maximum atomic E-state index is 12.4. The topological polar surface area (TPSA) is 37.5 Å². The lowest BCUT2D eigenvalue weighted by atomic mass is 10.1. The highest BCUT2D eigenvalue weighted by Gasteiger charge is 2.43. The molecule has 0 aromatic heterocycles. The van der Waals surface area contributed by atoms with Crippen LogP contribution >= 0.6 is 0 Å². The van der Waals surface area contributed by atoms with Gasteiger partial charge in [-0.2, -0.15) is 0 Å². The molecule has 2 saturated heterocycles. The molecule has 3 rings (SSSR count). The largest absolute Gasteiger partial charge is 0.522 e. The van der Waals surface area contributed by atoms with Crippen molar-refractivity contribution in [2.75, 3.05) is 26.3 Å². The Morgan fingerprint density at radius 2 is 1.63 bits per heavy atom. The molecule has 0 aromatic carbocycles. The van der Waals surface area contributed by atoms with Gasteiger partial charge in [0.25, 0.3) is 0 Å². The number of epoxide rings is 2. The van der Waals surface area contributed by atoms with Gasteiger partial charge in [-0.15, -0.1) is 13.2 Å². The van der Waals surface area contributed by atoms with Crippen molar-refractivity contribution in [3.05, 3.63) is 0 Å². The van der Waals surface area contributed by atoms with E-state index >= 15 is 0 Å². The van der Waals surface area contributed by atoms with Crippen molar-refractivity contribution in [3.63, 3.8) is 0 Å². The van der Waals surface area contributed by atoms with E-state index < -0.39 is 12.5 Å². The Labute approximate surface area is 109 Å². The standard InChI is InChI=1S/C12H18F3NO3/c13-12(14,15)19-11-3-1-2-10(11)16(4-8-6-17-8)5-9-7-18-9/h8-11H,1-7H2. The van der Waals surface area contributed by atoms with E-state index in [1.807, 2.05) is 0 Å². The molecule has 0 bridgehead atoms. The summed E-state index contributed by atoms with van der Waals surface area (Å²) in [4.78, 5) is 2.07. The fraction of sp³-hybridized carbons (Fsp3) is 1.00. The summed E-state index contributed by atoms with van der Waals surface area (Å²) in [7, 11) is 0. The van der Waals surface area contributed by atoms with Crippen molar-refractivity contribution >= 4 is 0 Å². The molecular formula is C12H18F3NO3. The quantitative estimate of drug-likeness (QED) is 0.692. The minimum atomic E-state index is -4.55.